The van der Waals surface area contributed by atoms with E-state index in [9.17, 15) is 19.2 Å². The standard InChI is InChI=1S/C26H22Br2N2O6/c1-35-18-6-4-14(5-7-18)25(33)36-22-16(10-17(27)12-20(22)28)11-19-23(31)29-26(34)30(24(19)32)21-9-13-2-3-15(21)8-13/h4-7,10-13,15,21H,2-3,8-9H2,1H3,(H,29,31,34)/b19-11-/t13-,15-,21+/m0/s1. The van der Waals surface area contributed by atoms with Crippen molar-refractivity contribution in [1.29, 1.82) is 0 Å². The Morgan fingerprint density at radius 1 is 1.08 bits per heavy atom. The summed E-state index contributed by atoms with van der Waals surface area (Å²) in [6.45, 7) is 0. The van der Waals surface area contributed by atoms with E-state index in [1.165, 1.54) is 18.1 Å². The van der Waals surface area contributed by atoms with Crippen molar-refractivity contribution in [3.63, 3.8) is 0 Å². The number of halogens is 2. The second-order valence-electron chi connectivity index (χ2n) is 9.16. The molecule has 0 radical (unpaired) electrons. The number of imide groups is 2. The molecule has 4 amide bonds. The van der Waals surface area contributed by atoms with E-state index >= 15 is 0 Å². The molecule has 2 aromatic rings. The summed E-state index contributed by atoms with van der Waals surface area (Å²) < 4.78 is 11.9. The zero-order valence-electron chi connectivity index (χ0n) is 19.3. The van der Waals surface area contributed by atoms with Crippen molar-refractivity contribution in [2.75, 3.05) is 7.11 Å². The van der Waals surface area contributed by atoms with Crippen molar-refractivity contribution in [2.24, 2.45) is 11.8 Å². The van der Waals surface area contributed by atoms with Gasteiger partial charge in [-0.25, -0.2) is 9.59 Å². The van der Waals surface area contributed by atoms with Crippen molar-refractivity contribution in [3.8, 4) is 11.5 Å². The van der Waals surface area contributed by atoms with Crippen LogP contribution in [0.25, 0.3) is 6.08 Å². The number of carbonyl (C=O) groups is 4. The molecule has 2 aliphatic carbocycles. The smallest absolute Gasteiger partial charge is 0.343 e. The minimum absolute atomic E-state index is 0.135. The van der Waals surface area contributed by atoms with Crippen LogP contribution in [0.4, 0.5) is 4.79 Å². The highest BCUT2D eigenvalue weighted by Crippen LogP contribution is 2.47. The van der Waals surface area contributed by atoms with Crippen molar-refractivity contribution in [3.05, 3.63) is 62.0 Å². The molecule has 0 unspecified atom stereocenters. The van der Waals surface area contributed by atoms with E-state index in [2.05, 4.69) is 37.2 Å². The van der Waals surface area contributed by atoms with Gasteiger partial charge >= 0.3 is 12.0 Å². The van der Waals surface area contributed by atoms with Crippen molar-refractivity contribution >= 4 is 61.8 Å². The summed E-state index contributed by atoms with van der Waals surface area (Å²) in [7, 11) is 1.53. The third-order valence-corrected chi connectivity index (χ3v) is 8.07. The van der Waals surface area contributed by atoms with Crippen LogP contribution in [0.15, 0.2) is 50.9 Å². The van der Waals surface area contributed by atoms with Crippen LogP contribution >= 0.6 is 31.9 Å². The Labute approximate surface area is 224 Å². The second-order valence-corrected chi connectivity index (χ2v) is 10.9. The van der Waals surface area contributed by atoms with Gasteiger partial charge in [-0.15, -0.1) is 0 Å². The van der Waals surface area contributed by atoms with Crippen LogP contribution in [-0.4, -0.2) is 41.9 Å². The number of amides is 4. The number of fused-ring (bicyclic) bond motifs is 2. The molecule has 2 bridgehead atoms. The number of rotatable bonds is 5. The van der Waals surface area contributed by atoms with Gasteiger partial charge in [-0.3, -0.25) is 19.8 Å². The van der Waals surface area contributed by atoms with E-state index in [0.29, 0.717) is 31.7 Å². The number of nitrogens with one attached hydrogen (secondary N) is 1. The first-order valence-electron chi connectivity index (χ1n) is 11.5. The van der Waals surface area contributed by atoms with Crippen LogP contribution in [0.5, 0.6) is 11.5 Å². The first-order valence-corrected chi connectivity index (χ1v) is 13.1. The minimum atomic E-state index is -0.784. The van der Waals surface area contributed by atoms with Gasteiger partial charge in [0.1, 0.15) is 11.3 Å². The summed E-state index contributed by atoms with van der Waals surface area (Å²) in [5, 5.41) is 2.31. The summed E-state index contributed by atoms with van der Waals surface area (Å²) in [6.07, 6.45) is 5.21. The highest BCUT2D eigenvalue weighted by Gasteiger charge is 2.49. The van der Waals surface area contributed by atoms with Crippen molar-refractivity contribution in [2.45, 2.75) is 31.7 Å². The molecule has 1 aliphatic heterocycles. The first kappa shape index (κ1) is 24.7. The van der Waals surface area contributed by atoms with Gasteiger partial charge in [0.25, 0.3) is 11.8 Å². The quantitative estimate of drug-likeness (QED) is 0.217. The number of barbiturate groups is 1. The summed E-state index contributed by atoms with van der Waals surface area (Å²) >= 11 is 6.81. The Hall–Kier alpha value is -2.98. The molecule has 1 heterocycles. The Bertz CT molecular complexity index is 1310. The molecule has 2 aromatic carbocycles. The van der Waals surface area contributed by atoms with Gasteiger partial charge in [-0.2, -0.15) is 0 Å². The average Bonchev–Trinajstić information content (AvgIpc) is 3.47. The SMILES string of the molecule is COc1ccc(C(=O)Oc2c(Br)cc(Br)cc2/C=C2/C(=O)NC(=O)N([C@@H]3C[C@H]4CC[C@H]3C4)C2=O)cc1. The fourth-order valence-corrected chi connectivity index (χ4v) is 6.67. The normalized spacial score (nSPS) is 24.3. The summed E-state index contributed by atoms with van der Waals surface area (Å²) in [4.78, 5) is 52.9. The molecule has 3 fully saturated rings. The second kappa shape index (κ2) is 9.82. The van der Waals surface area contributed by atoms with Gasteiger partial charge in [-0.05, 0) is 89.5 Å². The maximum Gasteiger partial charge on any atom is 0.343 e. The lowest BCUT2D eigenvalue weighted by atomic mass is 9.93. The van der Waals surface area contributed by atoms with E-state index in [4.69, 9.17) is 9.47 Å². The fourth-order valence-electron chi connectivity index (χ4n) is 5.33. The fraction of sp³-hybridized carbons (Fsp3) is 0.308. The van der Waals surface area contributed by atoms with Gasteiger partial charge in [0, 0.05) is 16.1 Å². The molecule has 10 heteroatoms. The zero-order valence-corrected chi connectivity index (χ0v) is 22.4. The minimum Gasteiger partial charge on any atom is -0.497 e. The number of methoxy groups -OCH3 is 1. The molecule has 3 atom stereocenters. The van der Waals surface area contributed by atoms with Gasteiger partial charge in [-0.1, -0.05) is 22.4 Å². The van der Waals surface area contributed by atoms with Crippen molar-refractivity contribution < 1.29 is 28.7 Å². The molecular weight excluding hydrogens is 596 g/mol. The molecule has 0 aromatic heterocycles. The topological polar surface area (TPSA) is 102 Å². The number of esters is 1. The summed E-state index contributed by atoms with van der Waals surface area (Å²) in [5.74, 6) is -0.541. The van der Waals surface area contributed by atoms with Crippen LogP contribution in [0, 0.1) is 11.8 Å². The van der Waals surface area contributed by atoms with E-state index < -0.39 is 23.8 Å². The van der Waals surface area contributed by atoms with E-state index in [-0.39, 0.29) is 23.3 Å². The van der Waals surface area contributed by atoms with Crippen molar-refractivity contribution in [1.82, 2.24) is 10.2 Å². The van der Waals surface area contributed by atoms with E-state index in [0.717, 1.165) is 25.7 Å². The maximum atomic E-state index is 13.4. The largest absolute Gasteiger partial charge is 0.497 e. The van der Waals surface area contributed by atoms with Crippen LogP contribution < -0.4 is 14.8 Å². The van der Waals surface area contributed by atoms with Crippen LogP contribution in [-0.2, 0) is 9.59 Å². The lowest BCUT2D eigenvalue weighted by Gasteiger charge is -2.35. The summed E-state index contributed by atoms with van der Waals surface area (Å²) in [6, 6.07) is 8.85. The lowest BCUT2D eigenvalue weighted by molar-refractivity contribution is -0.132. The number of urea groups is 1. The molecular formula is C26H22Br2N2O6. The molecule has 36 heavy (non-hydrogen) atoms. The molecule has 8 nitrogen and oxygen atoms in total. The van der Waals surface area contributed by atoms with Crippen LogP contribution in [0.2, 0.25) is 0 Å². The van der Waals surface area contributed by atoms with E-state index in [1.54, 1.807) is 36.4 Å². The average molecular weight is 618 g/mol. The van der Waals surface area contributed by atoms with E-state index in [1.807, 2.05) is 0 Å². The third kappa shape index (κ3) is 4.59. The molecule has 0 spiro atoms. The highest BCUT2D eigenvalue weighted by atomic mass is 79.9. The molecule has 1 saturated heterocycles. The molecule has 2 saturated carbocycles. The van der Waals surface area contributed by atoms with Gasteiger partial charge in [0.15, 0.2) is 5.75 Å². The monoisotopic (exact) mass is 616 g/mol. The molecule has 186 valence electrons. The lowest BCUT2D eigenvalue weighted by Crippen LogP contribution is -2.58. The Morgan fingerprint density at radius 2 is 1.83 bits per heavy atom. The van der Waals surface area contributed by atoms with Gasteiger partial charge in [0.2, 0.25) is 0 Å². The van der Waals surface area contributed by atoms with Crippen LogP contribution in [0.1, 0.15) is 41.6 Å². The molecule has 3 aliphatic rings. The Kier molecular flexibility index (Phi) is 6.74. The number of hydrogen-bond acceptors (Lipinski definition) is 6. The maximum absolute atomic E-state index is 13.4. The predicted molar refractivity (Wildman–Crippen MR) is 137 cm³/mol. The number of benzene rings is 2. The number of ether oxygens (including phenoxy) is 2. The third-order valence-electron chi connectivity index (χ3n) is 7.02. The Balaban J connectivity index is 1.48. The Morgan fingerprint density at radius 3 is 2.47 bits per heavy atom. The molecule has 5 rings (SSSR count). The number of nitrogens with zero attached hydrogens (tertiary/aromatic N) is 1. The van der Waals surface area contributed by atoms with Gasteiger partial charge in [0.05, 0.1) is 17.1 Å². The predicted octanol–water partition coefficient (Wildman–Crippen LogP) is 5.09. The number of hydrogen-bond donors (Lipinski definition) is 1. The zero-order chi connectivity index (χ0) is 25.6. The first-order chi connectivity index (χ1) is 17.2. The van der Waals surface area contributed by atoms with Gasteiger partial charge < -0.3 is 9.47 Å². The van der Waals surface area contributed by atoms with Crippen LogP contribution in [0.3, 0.4) is 0 Å². The summed E-state index contributed by atoms with van der Waals surface area (Å²) in [5.41, 5.74) is 0.423. The highest BCUT2D eigenvalue weighted by molar-refractivity contribution is 9.11. The molecule has 1 N–H and O–H groups in total. The number of carbonyl (C=O) groups excluding carboxylic acids is 4.